The molecule has 0 fully saturated rings. The summed E-state index contributed by atoms with van der Waals surface area (Å²) >= 11 is 0. The normalized spacial score (nSPS) is 12.5. The Hall–Kier alpha value is -3.47. The Labute approximate surface area is 170 Å². The van der Waals surface area contributed by atoms with Crippen LogP contribution in [-0.4, -0.2) is 23.3 Å². The summed E-state index contributed by atoms with van der Waals surface area (Å²) in [7, 11) is 0. The van der Waals surface area contributed by atoms with Crippen LogP contribution in [0.5, 0.6) is 0 Å². The van der Waals surface area contributed by atoms with Gasteiger partial charge in [0.15, 0.2) is 0 Å². The monoisotopic (exact) mass is 385 g/mol. The number of nitrogens with one attached hydrogen (secondary N) is 1. The van der Waals surface area contributed by atoms with Gasteiger partial charge in [0.25, 0.3) is 5.91 Å². The van der Waals surface area contributed by atoms with Gasteiger partial charge in [-0.2, -0.15) is 0 Å². The van der Waals surface area contributed by atoms with Crippen molar-refractivity contribution in [1.29, 1.82) is 0 Å². The maximum absolute atomic E-state index is 12.6. The van der Waals surface area contributed by atoms with Crippen molar-refractivity contribution in [2.75, 3.05) is 11.4 Å². The second-order valence-electron chi connectivity index (χ2n) is 7.12. The van der Waals surface area contributed by atoms with Gasteiger partial charge < -0.3 is 10.2 Å². The number of benzene rings is 2. The largest absolute Gasteiger partial charge is 0.348 e. The highest BCUT2D eigenvalue weighted by Crippen LogP contribution is 2.33. The summed E-state index contributed by atoms with van der Waals surface area (Å²) in [6.45, 7) is 3.07. The first kappa shape index (κ1) is 18.9. The Morgan fingerprint density at radius 1 is 1.07 bits per heavy atom. The molecule has 0 atom stereocenters. The highest BCUT2D eigenvalue weighted by atomic mass is 16.2. The third-order valence-corrected chi connectivity index (χ3v) is 5.21. The molecule has 0 aliphatic carbocycles. The van der Waals surface area contributed by atoms with Crippen LogP contribution in [0.3, 0.4) is 0 Å². The molecule has 2 amide bonds. The molecule has 0 unspecified atom stereocenters. The van der Waals surface area contributed by atoms with Crippen LogP contribution in [0.15, 0.2) is 67.0 Å². The molecule has 4 rings (SSSR count). The smallest absolute Gasteiger partial charge is 0.251 e. The topological polar surface area (TPSA) is 62.3 Å². The van der Waals surface area contributed by atoms with Gasteiger partial charge >= 0.3 is 0 Å². The van der Waals surface area contributed by atoms with E-state index in [0.29, 0.717) is 18.5 Å². The molecule has 0 radical (unpaired) electrons. The zero-order valence-corrected chi connectivity index (χ0v) is 16.4. The van der Waals surface area contributed by atoms with Crippen LogP contribution in [0.25, 0.3) is 11.1 Å². The van der Waals surface area contributed by atoms with E-state index in [9.17, 15) is 9.59 Å². The Balaban J connectivity index is 1.52. The van der Waals surface area contributed by atoms with Crippen molar-refractivity contribution in [3.8, 4) is 11.1 Å². The highest BCUT2D eigenvalue weighted by Gasteiger charge is 2.23. The highest BCUT2D eigenvalue weighted by molar-refractivity contribution is 5.97. The first-order valence-electron chi connectivity index (χ1n) is 9.86. The Morgan fingerprint density at radius 2 is 1.93 bits per heavy atom. The van der Waals surface area contributed by atoms with Crippen LogP contribution in [-0.2, 0) is 17.8 Å². The number of nitrogens with zero attached hydrogens (tertiary/aromatic N) is 2. The standard InChI is InChI=1S/C24H23N3O2/c1-2-23(28)27-12-10-20-13-19(8-9-22(20)27)18-6-3-7-21(14-18)24(29)26-16-17-5-4-11-25-15-17/h3-9,11,13-15H,2,10,12,16H2,1H3,(H,26,29). The Morgan fingerprint density at radius 3 is 2.72 bits per heavy atom. The average Bonchev–Trinajstić information content (AvgIpc) is 3.21. The van der Waals surface area contributed by atoms with Crippen LogP contribution >= 0.6 is 0 Å². The van der Waals surface area contributed by atoms with E-state index < -0.39 is 0 Å². The zero-order valence-electron chi connectivity index (χ0n) is 16.4. The number of hydrogen-bond acceptors (Lipinski definition) is 3. The molecule has 146 valence electrons. The molecule has 1 aromatic heterocycles. The first-order chi connectivity index (χ1) is 14.2. The summed E-state index contributed by atoms with van der Waals surface area (Å²) in [4.78, 5) is 30.6. The second kappa shape index (κ2) is 8.27. The van der Waals surface area contributed by atoms with Crippen LogP contribution < -0.4 is 10.2 Å². The van der Waals surface area contributed by atoms with E-state index in [0.717, 1.165) is 35.3 Å². The van der Waals surface area contributed by atoms with Crippen molar-refractivity contribution in [2.24, 2.45) is 0 Å². The third-order valence-electron chi connectivity index (χ3n) is 5.21. The zero-order chi connectivity index (χ0) is 20.2. The summed E-state index contributed by atoms with van der Waals surface area (Å²) in [5.41, 5.74) is 5.80. The van der Waals surface area contributed by atoms with Crippen molar-refractivity contribution < 1.29 is 9.59 Å². The molecule has 1 aliphatic rings. The van der Waals surface area contributed by atoms with Crippen LogP contribution in [0.4, 0.5) is 5.69 Å². The molecular weight excluding hydrogens is 362 g/mol. The summed E-state index contributed by atoms with van der Waals surface area (Å²) in [6.07, 6.45) is 4.83. The SMILES string of the molecule is CCC(=O)N1CCc2cc(-c3cccc(C(=O)NCc4cccnc4)c3)ccc21. The molecule has 1 aliphatic heterocycles. The number of pyridine rings is 1. The molecule has 3 aromatic rings. The number of fused-ring (bicyclic) bond motifs is 1. The van der Waals surface area contributed by atoms with E-state index in [1.807, 2.05) is 60.4 Å². The lowest BCUT2D eigenvalue weighted by Gasteiger charge is -2.16. The molecule has 2 aromatic carbocycles. The fourth-order valence-corrected chi connectivity index (χ4v) is 3.66. The molecule has 5 nitrogen and oxygen atoms in total. The Bertz CT molecular complexity index is 1050. The molecule has 5 heteroatoms. The van der Waals surface area contributed by atoms with E-state index in [1.54, 1.807) is 12.4 Å². The summed E-state index contributed by atoms with van der Waals surface area (Å²) < 4.78 is 0. The second-order valence-corrected chi connectivity index (χ2v) is 7.12. The number of rotatable bonds is 5. The lowest BCUT2D eigenvalue weighted by Crippen LogP contribution is -2.27. The van der Waals surface area contributed by atoms with Gasteiger partial charge in [-0.05, 0) is 59.0 Å². The summed E-state index contributed by atoms with van der Waals surface area (Å²) in [5.74, 6) is 0.0420. The quantitative estimate of drug-likeness (QED) is 0.723. The van der Waals surface area contributed by atoms with E-state index in [-0.39, 0.29) is 11.8 Å². The maximum Gasteiger partial charge on any atom is 0.251 e. The van der Waals surface area contributed by atoms with Gasteiger partial charge in [0.2, 0.25) is 5.91 Å². The summed E-state index contributed by atoms with van der Waals surface area (Å²) in [6, 6.07) is 17.6. The molecular formula is C24H23N3O2. The van der Waals surface area contributed by atoms with Crippen LogP contribution in [0, 0.1) is 0 Å². The van der Waals surface area contributed by atoms with E-state index in [2.05, 4.69) is 16.4 Å². The van der Waals surface area contributed by atoms with Crippen molar-refractivity contribution in [3.63, 3.8) is 0 Å². The average molecular weight is 385 g/mol. The number of aromatic nitrogens is 1. The van der Waals surface area contributed by atoms with Crippen molar-refractivity contribution >= 4 is 17.5 Å². The minimum absolute atomic E-state index is 0.114. The van der Waals surface area contributed by atoms with Crippen molar-refractivity contribution in [2.45, 2.75) is 26.3 Å². The lowest BCUT2D eigenvalue weighted by atomic mass is 9.99. The van der Waals surface area contributed by atoms with Crippen LogP contribution in [0.2, 0.25) is 0 Å². The molecule has 0 bridgehead atoms. The van der Waals surface area contributed by atoms with Gasteiger partial charge in [-0.3, -0.25) is 14.6 Å². The predicted molar refractivity (Wildman–Crippen MR) is 114 cm³/mol. The Kier molecular flexibility index (Phi) is 5.38. The van der Waals surface area contributed by atoms with Crippen molar-refractivity contribution in [1.82, 2.24) is 10.3 Å². The number of carbonyl (C=O) groups excluding carboxylic acids is 2. The van der Waals surface area contributed by atoms with Crippen LogP contribution in [0.1, 0.15) is 34.8 Å². The first-order valence-corrected chi connectivity index (χ1v) is 9.86. The van der Waals surface area contributed by atoms with Crippen molar-refractivity contribution in [3.05, 3.63) is 83.7 Å². The fraction of sp³-hybridized carbons (Fsp3) is 0.208. The maximum atomic E-state index is 12.6. The van der Waals surface area contributed by atoms with E-state index in [4.69, 9.17) is 0 Å². The molecule has 29 heavy (non-hydrogen) atoms. The lowest BCUT2D eigenvalue weighted by molar-refractivity contribution is -0.118. The van der Waals surface area contributed by atoms with Gasteiger partial charge in [-0.1, -0.05) is 31.2 Å². The number of amides is 2. The van der Waals surface area contributed by atoms with E-state index >= 15 is 0 Å². The fourth-order valence-electron chi connectivity index (χ4n) is 3.66. The number of anilines is 1. The molecule has 0 saturated carbocycles. The number of carbonyl (C=O) groups is 2. The predicted octanol–water partition coefficient (Wildman–Crippen LogP) is 3.98. The minimum Gasteiger partial charge on any atom is -0.348 e. The minimum atomic E-state index is -0.114. The molecule has 1 N–H and O–H groups in total. The molecule has 0 saturated heterocycles. The van der Waals surface area contributed by atoms with Gasteiger partial charge in [-0.15, -0.1) is 0 Å². The third kappa shape index (κ3) is 4.04. The van der Waals surface area contributed by atoms with Gasteiger partial charge in [-0.25, -0.2) is 0 Å². The van der Waals surface area contributed by atoms with Gasteiger partial charge in [0.1, 0.15) is 0 Å². The van der Waals surface area contributed by atoms with Gasteiger partial charge in [0, 0.05) is 43.2 Å². The number of hydrogen-bond donors (Lipinski definition) is 1. The molecule has 0 spiro atoms. The van der Waals surface area contributed by atoms with E-state index in [1.165, 1.54) is 5.56 Å². The summed E-state index contributed by atoms with van der Waals surface area (Å²) in [5, 5.41) is 2.94. The van der Waals surface area contributed by atoms with Gasteiger partial charge in [0.05, 0.1) is 0 Å². The molecule has 2 heterocycles.